The molecule has 0 saturated carbocycles. The van der Waals surface area contributed by atoms with E-state index in [2.05, 4.69) is 63.8 Å². The van der Waals surface area contributed by atoms with Gasteiger partial charge in [-0.3, -0.25) is 20.1 Å². The number of aryl methyl sites for hydroxylation is 1. The third-order valence-corrected chi connectivity index (χ3v) is 10.3. The number of hydrogen-bond acceptors (Lipinski definition) is 7. The van der Waals surface area contributed by atoms with Gasteiger partial charge in [-0.05, 0) is 113 Å². The minimum absolute atomic E-state index is 0.0604. The van der Waals surface area contributed by atoms with Gasteiger partial charge in [-0.25, -0.2) is 4.98 Å². The largest absolute Gasteiger partial charge is 0.493 e. The van der Waals surface area contributed by atoms with Crippen molar-refractivity contribution in [3.63, 3.8) is 0 Å². The quantitative estimate of drug-likeness (QED) is 0.262. The molecule has 0 atom stereocenters. The average Bonchev–Trinajstić information content (AvgIpc) is 3.35. The third kappa shape index (κ3) is 6.15. The van der Waals surface area contributed by atoms with E-state index in [0.717, 1.165) is 60.5 Å². The van der Waals surface area contributed by atoms with Gasteiger partial charge in [-0.1, -0.05) is 13.8 Å². The number of nitrogens with one attached hydrogen (secondary N) is 1. The van der Waals surface area contributed by atoms with Gasteiger partial charge in [-0.15, -0.1) is 0 Å². The second-order valence-corrected chi connectivity index (χ2v) is 14.3. The van der Waals surface area contributed by atoms with Crippen molar-refractivity contribution >= 4 is 28.6 Å². The Kier molecular flexibility index (Phi) is 7.76. The van der Waals surface area contributed by atoms with Crippen LogP contribution in [0.2, 0.25) is 0 Å². The van der Waals surface area contributed by atoms with Gasteiger partial charge in [0.15, 0.2) is 0 Å². The molecule has 0 unspecified atom stereocenters. The molecule has 9 nitrogen and oxygen atoms in total. The molecule has 7 rings (SSSR count). The molecule has 9 heteroatoms. The van der Waals surface area contributed by atoms with Crippen LogP contribution in [0, 0.1) is 17.8 Å². The summed E-state index contributed by atoms with van der Waals surface area (Å²) < 4.78 is 8.48. The zero-order valence-corrected chi connectivity index (χ0v) is 27.1. The third-order valence-electron chi connectivity index (χ3n) is 10.3. The molecule has 236 valence electrons. The van der Waals surface area contributed by atoms with E-state index >= 15 is 0 Å². The molecule has 4 aromatic rings. The number of hydrogen-bond donors (Lipinski definition) is 1. The Morgan fingerprint density at radius 3 is 2.51 bits per heavy atom. The van der Waals surface area contributed by atoms with Gasteiger partial charge in [0, 0.05) is 49.0 Å². The van der Waals surface area contributed by atoms with Crippen LogP contribution in [-0.2, 0) is 6.54 Å². The van der Waals surface area contributed by atoms with Crippen LogP contribution in [0.4, 0.5) is 11.6 Å². The van der Waals surface area contributed by atoms with Crippen molar-refractivity contribution < 1.29 is 9.53 Å². The van der Waals surface area contributed by atoms with Crippen LogP contribution in [0.1, 0.15) is 68.4 Å². The molecule has 1 spiro atoms. The molecule has 2 fully saturated rings. The van der Waals surface area contributed by atoms with Gasteiger partial charge in [-0.2, -0.15) is 0 Å². The Labute approximate surface area is 266 Å². The first-order chi connectivity index (χ1) is 21.7. The molecule has 3 aliphatic heterocycles. The molecule has 6 heterocycles. The first kappa shape index (κ1) is 29.7. The van der Waals surface area contributed by atoms with Crippen molar-refractivity contribution in [2.24, 2.45) is 10.8 Å². The smallest absolute Gasteiger partial charge is 0.258 e. The van der Waals surface area contributed by atoms with E-state index in [1.165, 1.54) is 44.5 Å². The zero-order chi connectivity index (χ0) is 31.2. The fourth-order valence-electron chi connectivity index (χ4n) is 7.45. The summed E-state index contributed by atoms with van der Waals surface area (Å²) in [5, 5.41) is 3.18. The average molecular weight is 608 g/mol. The Balaban J connectivity index is 1.23. The SMILES string of the molecule is Cc1cc2cc(n1)-c1cnccc1OCCCC(C)(C)Cn1c(nc3ccc(N4CCC5(CCN(C)CC5)CC4)cc31)NC2=O. The van der Waals surface area contributed by atoms with E-state index in [1.807, 2.05) is 25.1 Å². The van der Waals surface area contributed by atoms with Gasteiger partial charge in [0.2, 0.25) is 5.95 Å². The van der Waals surface area contributed by atoms with Crippen LogP contribution >= 0.6 is 0 Å². The van der Waals surface area contributed by atoms with Crippen molar-refractivity contribution in [3.8, 4) is 17.0 Å². The predicted molar refractivity (Wildman–Crippen MR) is 179 cm³/mol. The number of amides is 1. The van der Waals surface area contributed by atoms with Crippen LogP contribution in [0.5, 0.6) is 5.75 Å². The number of carbonyl (C=O) groups excluding carboxylic acids is 1. The van der Waals surface area contributed by atoms with E-state index in [9.17, 15) is 4.79 Å². The number of rotatable bonds is 1. The van der Waals surface area contributed by atoms with Gasteiger partial charge in [0.1, 0.15) is 5.75 Å². The number of nitrogens with zero attached hydrogens (tertiary/aromatic N) is 6. The van der Waals surface area contributed by atoms with Crippen LogP contribution in [0.15, 0.2) is 48.8 Å². The minimum atomic E-state index is -0.211. The number of likely N-dealkylation sites (tertiary alicyclic amines) is 1. The Morgan fingerprint density at radius 1 is 0.933 bits per heavy atom. The fourth-order valence-corrected chi connectivity index (χ4v) is 7.45. The lowest BCUT2D eigenvalue weighted by atomic mass is 9.71. The molecular weight excluding hydrogens is 562 g/mol. The van der Waals surface area contributed by atoms with Gasteiger partial charge < -0.3 is 19.1 Å². The van der Waals surface area contributed by atoms with Crippen molar-refractivity contribution in [3.05, 3.63) is 60.0 Å². The molecule has 0 aliphatic carbocycles. The van der Waals surface area contributed by atoms with E-state index in [4.69, 9.17) is 14.7 Å². The molecular formula is C36H45N7O2. The molecule has 1 amide bonds. The maximum absolute atomic E-state index is 13.8. The summed E-state index contributed by atoms with van der Waals surface area (Å²) in [6.07, 6.45) is 10.5. The lowest BCUT2D eigenvalue weighted by Gasteiger charge is -2.46. The Hall–Kier alpha value is -3.98. The molecule has 2 saturated heterocycles. The maximum Gasteiger partial charge on any atom is 0.258 e. The number of aromatic nitrogens is 4. The van der Waals surface area contributed by atoms with Crippen LogP contribution in [0.25, 0.3) is 22.3 Å². The number of piperidine rings is 2. The summed E-state index contributed by atoms with van der Waals surface area (Å²) >= 11 is 0. The normalized spacial score (nSPS) is 20.4. The number of anilines is 2. The molecule has 3 aromatic heterocycles. The summed E-state index contributed by atoms with van der Waals surface area (Å²) in [6.45, 7) is 12.4. The van der Waals surface area contributed by atoms with E-state index < -0.39 is 0 Å². The standard InChI is InChI=1S/C36H45N7O2/c1-25-20-26-21-30(38-25)28-23-37-14-8-32(28)45-19-5-9-35(2,3)24-43-31-22-27(6-7-29(31)39-34(43)40-33(26)44)42-17-12-36(13-18-42)10-15-41(4)16-11-36/h6-8,14,20-23H,5,9-13,15-19,24H2,1-4H3,(H,39,40,44). The second-order valence-electron chi connectivity index (χ2n) is 14.3. The first-order valence-electron chi connectivity index (χ1n) is 16.5. The topological polar surface area (TPSA) is 88.4 Å². The molecule has 2 bridgehead atoms. The summed E-state index contributed by atoms with van der Waals surface area (Å²) in [5.41, 5.74) is 6.35. The molecule has 0 radical (unpaired) electrons. The molecule has 1 N–H and O–H groups in total. The van der Waals surface area contributed by atoms with Crippen molar-refractivity contribution in [2.45, 2.75) is 65.8 Å². The fraction of sp³-hybridized carbons (Fsp3) is 0.500. The lowest BCUT2D eigenvalue weighted by Crippen LogP contribution is -2.46. The van der Waals surface area contributed by atoms with E-state index in [0.29, 0.717) is 29.2 Å². The number of carbonyl (C=O) groups is 1. The summed E-state index contributed by atoms with van der Waals surface area (Å²) in [7, 11) is 2.24. The minimum Gasteiger partial charge on any atom is -0.493 e. The van der Waals surface area contributed by atoms with E-state index in [1.54, 1.807) is 12.4 Å². The highest BCUT2D eigenvalue weighted by atomic mass is 16.5. The Bertz CT molecular complexity index is 1710. The summed E-state index contributed by atoms with van der Waals surface area (Å²) in [5.74, 6) is 1.10. The highest BCUT2D eigenvalue weighted by molar-refractivity contribution is 6.05. The molecule has 1 aromatic carbocycles. The highest BCUT2D eigenvalue weighted by Crippen LogP contribution is 2.42. The summed E-state index contributed by atoms with van der Waals surface area (Å²) in [6, 6.07) is 12.1. The number of pyridine rings is 2. The Morgan fingerprint density at radius 2 is 1.71 bits per heavy atom. The van der Waals surface area contributed by atoms with Gasteiger partial charge in [0.25, 0.3) is 5.91 Å². The van der Waals surface area contributed by atoms with Crippen LogP contribution < -0.4 is 15.0 Å². The lowest BCUT2D eigenvalue weighted by molar-refractivity contribution is 0.0945. The molecule has 3 aliphatic rings. The first-order valence-corrected chi connectivity index (χ1v) is 16.5. The van der Waals surface area contributed by atoms with Crippen LogP contribution in [0.3, 0.4) is 0 Å². The second kappa shape index (κ2) is 11.7. The molecule has 45 heavy (non-hydrogen) atoms. The zero-order valence-electron chi connectivity index (χ0n) is 27.1. The highest BCUT2D eigenvalue weighted by Gasteiger charge is 2.37. The number of fused-ring (bicyclic) bond motifs is 7. The van der Waals surface area contributed by atoms with E-state index in [-0.39, 0.29) is 11.3 Å². The maximum atomic E-state index is 13.8. The summed E-state index contributed by atoms with van der Waals surface area (Å²) in [4.78, 5) is 32.9. The van der Waals surface area contributed by atoms with Crippen molar-refractivity contribution in [1.82, 2.24) is 24.4 Å². The van der Waals surface area contributed by atoms with Gasteiger partial charge >= 0.3 is 0 Å². The van der Waals surface area contributed by atoms with Crippen molar-refractivity contribution in [1.29, 1.82) is 0 Å². The predicted octanol–water partition coefficient (Wildman–Crippen LogP) is 6.57. The number of ether oxygens (including phenoxy) is 1. The van der Waals surface area contributed by atoms with Crippen molar-refractivity contribution in [2.75, 3.05) is 50.1 Å². The van der Waals surface area contributed by atoms with Gasteiger partial charge in [0.05, 0.1) is 28.9 Å². The van der Waals surface area contributed by atoms with Crippen LogP contribution in [-0.4, -0.2) is 70.2 Å². The number of imidazole rings is 1. The number of benzene rings is 1. The monoisotopic (exact) mass is 607 g/mol.